The van der Waals surface area contributed by atoms with Crippen molar-refractivity contribution in [1.82, 2.24) is 9.88 Å². The van der Waals surface area contributed by atoms with E-state index in [-0.39, 0.29) is 24.3 Å². The highest BCUT2D eigenvalue weighted by atomic mass is 79.9. The monoisotopic (exact) mass is 490 g/mol. The number of carbonyl (C=O) groups is 2. The van der Waals surface area contributed by atoms with Gasteiger partial charge in [0.15, 0.2) is 0 Å². The van der Waals surface area contributed by atoms with E-state index in [2.05, 4.69) is 21.2 Å². The molecule has 1 unspecified atom stereocenters. The van der Waals surface area contributed by atoms with Gasteiger partial charge in [-0.1, -0.05) is 34.5 Å². The molecule has 2 aromatic carbocycles. The molecule has 0 bridgehead atoms. The summed E-state index contributed by atoms with van der Waals surface area (Å²) in [6.45, 7) is 5.84. The van der Waals surface area contributed by atoms with Crippen molar-refractivity contribution in [3.8, 4) is 5.75 Å². The SMILES string of the molecule is CCC(C)NC(=O)Cc1c(C)n(C(=O)c2ccc(Br)cc2)c2cc(Cl)c(OC)cc12. The Kier molecular flexibility index (Phi) is 6.88. The molecule has 30 heavy (non-hydrogen) atoms. The Morgan fingerprint density at radius 3 is 2.50 bits per heavy atom. The van der Waals surface area contributed by atoms with Crippen LogP contribution in [0.1, 0.15) is 41.9 Å². The van der Waals surface area contributed by atoms with Crippen molar-refractivity contribution in [1.29, 1.82) is 0 Å². The largest absolute Gasteiger partial charge is 0.495 e. The quantitative estimate of drug-likeness (QED) is 0.494. The zero-order chi connectivity index (χ0) is 22.0. The van der Waals surface area contributed by atoms with Crippen LogP contribution in [0.4, 0.5) is 0 Å². The molecule has 0 aliphatic carbocycles. The molecule has 3 aromatic rings. The van der Waals surface area contributed by atoms with Gasteiger partial charge < -0.3 is 10.1 Å². The van der Waals surface area contributed by atoms with E-state index in [1.165, 1.54) is 0 Å². The van der Waals surface area contributed by atoms with Gasteiger partial charge in [-0.05, 0) is 62.2 Å². The minimum absolute atomic E-state index is 0.0829. The minimum atomic E-state index is -0.181. The van der Waals surface area contributed by atoms with Gasteiger partial charge in [-0.2, -0.15) is 0 Å². The minimum Gasteiger partial charge on any atom is -0.495 e. The predicted molar refractivity (Wildman–Crippen MR) is 124 cm³/mol. The Bertz CT molecular complexity index is 1110. The van der Waals surface area contributed by atoms with Gasteiger partial charge >= 0.3 is 0 Å². The Hall–Kier alpha value is -2.31. The van der Waals surface area contributed by atoms with E-state index in [1.807, 2.05) is 32.9 Å². The van der Waals surface area contributed by atoms with Crippen LogP contribution in [0.25, 0.3) is 10.9 Å². The molecule has 0 aliphatic heterocycles. The summed E-state index contributed by atoms with van der Waals surface area (Å²) >= 11 is 9.76. The maximum Gasteiger partial charge on any atom is 0.262 e. The maximum atomic E-state index is 13.4. The Morgan fingerprint density at radius 1 is 1.23 bits per heavy atom. The molecule has 0 aliphatic rings. The zero-order valence-corrected chi connectivity index (χ0v) is 19.7. The number of carbonyl (C=O) groups excluding carboxylic acids is 2. The average molecular weight is 492 g/mol. The van der Waals surface area contributed by atoms with Gasteiger partial charge in [0.05, 0.1) is 24.1 Å². The first-order valence-corrected chi connectivity index (χ1v) is 10.9. The van der Waals surface area contributed by atoms with Crippen LogP contribution in [-0.4, -0.2) is 29.5 Å². The lowest BCUT2D eigenvalue weighted by Crippen LogP contribution is -2.33. The molecule has 0 saturated heterocycles. The van der Waals surface area contributed by atoms with Crippen LogP contribution in [0.3, 0.4) is 0 Å². The van der Waals surface area contributed by atoms with Crippen molar-refractivity contribution >= 4 is 50.2 Å². The fourth-order valence-electron chi connectivity index (χ4n) is 3.43. The van der Waals surface area contributed by atoms with Gasteiger partial charge in [0, 0.05) is 27.2 Å². The number of nitrogens with one attached hydrogen (secondary N) is 1. The maximum absolute atomic E-state index is 13.4. The highest BCUT2D eigenvalue weighted by molar-refractivity contribution is 9.10. The number of fused-ring (bicyclic) bond motifs is 1. The first-order chi connectivity index (χ1) is 14.3. The molecule has 1 N–H and O–H groups in total. The third-order valence-electron chi connectivity index (χ3n) is 5.26. The van der Waals surface area contributed by atoms with E-state index >= 15 is 0 Å². The van der Waals surface area contributed by atoms with Crippen LogP contribution in [0.15, 0.2) is 40.9 Å². The van der Waals surface area contributed by atoms with Crippen LogP contribution in [0, 0.1) is 6.92 Å². The lowest BCUT2D eigenvalue weighted by atomic mass is 10.1. The molecule has 1 atom stereocenters. The molecule has 0 saturated carbocycles. The highest BCUT2D eigenvalue weighted by Gasteiger charge is 2.23. The van der Waals surface area contributed by atoms with Gasteiger partial charge in [0.25, 0.3) is 5.91 Å². The van der Waals surface area contributed by atoms with Crippen molar-refractivity contribution in [2.24, 2.45) is 0 Å². The summed E-state index contributed by atoms with van der Waals surface area (Å²) in [4.78, 5) is 26.0. The number of rotatable bonds is 6. The molecule has 0 fully saturated rings. The fourth-order valence-corrected chi connectivity index (χ4v) is 3.93. The summed E-state index contributed by atoms with van der Waals surface area (Å²) in [5.41, 5.74) is 2.69. The predicted octanol–water partition coefficient (Wildman–Crippen LogP) is 5.52. The van der Waals surface area contributed by atoms with Gasteiger partial charge in [-0.25, -0.2) is 0 Å². The summed E-state index contributed by atoms with van der Waals surface area (Å²) < 4.78 is 7.88. The second kappa shape index (κ2) is 9.23. The molecule has 0 spiro atoms. The third kappa shape index (κ3) is 4.40. The van der Waals surface area contributed by atoms with E-state index in [0.29, 0.717) is 27.5 Å². The number of halogens is 2. The Balaban J connectivity index is 2.16. The number of ether oxygens (including phenoxy) is 1. The van der Waals surface area contributed by atoms with Crippen molar-refractivity contribution in [2.75, 3.05) is 7.11 Å². The average Bonchev–Trinajstić information content (AvgIpc) is 2.97. The second-order valence-corrected chi connectivity index (χ2v) is 8.59. The zero-order valence-electron chi connectivity index (χ0n) is 17.4. The smallest absolute Gasteiger partial charge is 0.262 e. The first kappa shape index (κ1) is 22.4. The Morgan fingerprint density at radius 2 is 1.90 bits per heavy atom. The summed E-state index contributed by atoms with van der Waals surface area (Å²) in [6.07, 6.45) is 1.01. The molecular weight excluding hydrogens is 468 g/mol. The number of amides is 1. The number of hydrogen-bond acceptors (Lipinski definition) is 3. The fraction of sp³-hybridized carbons (Fsp3) is 0.304. The first-order valence-electron chi connectivity index (χ1n) is 9.73. The van der Waals surface area contributed by atoms with Crippen molar-refractivity contribution in [2.45, 2.75) is 39.7 Å². The highest BCUT2D eigenvalue weighted by Crippen LogP contribution is 2.35. The molecule has 5 nitrogen and oxygen atoms in total. The molecule has 3 rings (SSSR count). The van der Waals surface area contributed by atoms with Crippen molar-refractivity contribution < 1.29 is 14.3 Å². The summed E-state index contributed by atoms with van der Waals surface area (Å²) in [5, 5.41) is 4.17. The standard InChI is InChI=1S/C23H24BrClN2O3/c1-5-13(2)26-22(28)11-17-14(3)27(23(29)15-6-8-16(24)9-7-15)20-12-19(25)21(30-4)10-18(17)20/h6-10,12-13H,5,11H2,1-4H3,(H,26,28). The number of methoxy groups -OCH3 is 1. The topological polar surface area (TPSA) is 60.3 Å². The number of nitrogens with zero attached hydrogens (tertiary/aromatic N) is 1. The lowest BCUT2D eigenvalue weighted by Gasteiger charge is -2.12. The lowest BCUT2D eigenvalue weighted by molar-refractivity contribution is -0.121. The van der Waals surface area contributed by atoms with E-state index in [0.717, 1.165) is 21.8 Å². The van der Waals surface area contributed by atoms with Gasteiger partial charge in [-0.3, -0.25) is 14.2 Å². The molecule has 1 heterocycles. The molecule has 1 amide bonds. The number of aromatic nitrogens is 1. The van der Waals surface area contributed by atoms with Crippen LogP contribution in [0.2, 0.25) is 5.02 Å². The summed E-state index contributed by atoms with van der Waals surface area (Å²) in [5.74, 6) is 0.234. The third-order valence-corrected chi connectivity index (χ3v) is 6.08. The molecule has 0 radical (unpaired) electrons. The van der Waals surface area contributed by atoms with Crippen LogP contribution >= 0.6 is 27.5 Å². The van der Waals surface area contributed by atoms with E-state index in [1.54, 1.807) is 35.9 Å². The number of hydrogen-bond donors (Lipinski definition) is 1. The molecule has 158 valence electrons. The van der Waals surface area contributed by atoms with Crippen LogP contribution in [-0.2, 0) is 11.2 Å². The molecule has 1 aromatic heterocycles. The van der Waals surface area contributed by atoms with E-state index in [9.17, 15) is 9.59 Å². The number of benzene rings is 2. The summed E-state index contributed by atoms with van der Waals surface area (Å²) in [7, 11) is 1.54. The van der Waals surface area contributed by atoms with Crippen molar-refractivity contribution in [3.05, 3.63) is 62.7 Å². The van der Waals surface area contributed by atoms with E-state index in [4.69, 9.17) is 16.3 Å². The van der Waals surface area contributed by atoms with Crippen LogP contribution < -0.4 is 10.1 Å². The van der Waals surface area contributed by atoms with Crippen molar-refractivity contribution in [3.63, 3.8) is 0 Å². The summed E-state index contributed by atoms with van der Waals surface area (Å²) in [6, 6.07) is 10.8. The second-order valence-electron chi connectivity index (χ2n) is 7.27. The Labute approximate surface area is 189 Å². The normalized spacial score (nSPS) is 12.1. The van der Waals surface area contributed by atoms with E-state index < -0.39 is 0 Å². The van der Waals surface area contributed by atoms with Gasteiger partial charge in [0.1, 0.15) is 5.75 Å². The molecule has 7 heteroatoms. The van der Waals surface area contributed by atoms with Gasteiger partial charge in [0.2, 0.25) is 5.91 Å². The van der Waals surface area contributed by atoms with Crippen LogP contribution in [0.5, 0.6) is 5.75 Å². The van der Waals surface area contributed by atoms with Gasteiger partial charge in [-0.15, -0.1) is 0 Å². The molecular formula is C23H24BrClN2O3.